The molecule has 0 atom stereocenters. The Kier molecular flexibility index (Phi) is 3.93. The molecule has 82 valence electrons. The lowest BCUT2D eigenvalue weighted by atomic mass is 10.3. The van der Waals surface area contributed by atoms with Gasteiger partial charge in [0, 0.05) is 0 Å². The first-order valence-electron chi connectivity index (χ1n) is 4.54. The van der Waals surface area contributed by atoms with Crippen LogP contribution in [0.1, 0.15) is 0 Å². The van der Waals surface area contributed by atoms with Crippen molar-refractivity contribution in [3.05, 3.63) is 30.2 Å². The Hall–Kier alpha value is -2.47. The second kappa shape index (κ2) is 5.42. The van der Waals surface area contributed by atoms with Crippen LogP contribution in [0, 0.1) is 22.7 Å². The highest BCUT2D eigenvalue weighted by molar-refractivity contribution is 5.35. The van der Waals surface area contributed by atoms with Gasteiger partial charge in [-0.3, -0.25) is 0 Å². The Bertz CT molecular complexity index is 460. The molecule has 0 unspecified atom stereocenters. The van der Waals surface area contributed by atoms with Crippen LogP contribution in [0.15, 0.2) is 30.2 Å². The van der Waals surface area contributed by atoms with E-state index in [1.807, 2.05) is 34.9 Å². The van der Waals surface area contributed by atoms with Crippen molar-refractivity contribution in [1.29, 1.82) is 10.5 Å². The van der Waals surface area contributed by atoms with Gasteiger partial charge in [0.2, 0.25) is 11.9 Å². The molecule has 0 amide bonds. The summed E-state index contributed by atoms with van der Waals surface area (Å²) in [5.74, 6) is -0.624. The average Bonchev–Trinajstić information content (AvgIpc) is 2.66. The van der Waals surface area contributed by atoms with Crippen molar-refractivity contribution in [1.82, 2.24) is 4.57 Å². The van der Waals surface area contributed by atoms with Crippen LogP contribution in [0.5, 0.6) is 0 Å². The number of ether oxygens (including phenoxy) is 1. The highest BCUT2D eigenvalue weighted by Gasteiger charge is 2.06. The van der Waals surface area contributed by atoms with E-state index in [1.165, 1.54) is 12.1 Å². The van der Waals surface area contributed by atoms with Crippen LogP contribution in [0.2, 0.25) is 0 Å². The number of allylic oxidation sites excluding steroid dienone is 1. The SMILES string of the molecule is Cn1cc[n+](CCOC(O)=C(C#N)C#N)c1. The molecule has 0 aliphatic heterocycles. The number of aliphatic hydroxyl groups excluding tert-OH is 1. The zero-order chi connectivity index (χ0) is 12.0. The van der Waals surface area contributed by atoms with E-state index in [0.29, 0.717) is 6.54 Å². The van der Waals surface area contributed by atoms with E-state index in [9.17, 15) is 5.11 Å². The van der Waals surface area contributed by atoms with Crippen molar-refractivity contribution < 1.29 is 14.4 Å². The third-order valence-electron chi connectivity index (χ3n) is 1.85. The number of hydrogen-bond donors (Lipinski definition) is 1. The summed E-state index contributed by atoms with van der Waals surface area (Å²) in [7, 11) is 1.89. The lowest BCUT2D eigenvalue weighted by molar-refractivity contribution is -0.697. The molecule has 0 radical (unpaired) electrons. The number of imidazole rings is 1. The van der Waals surface area contributed by atoms with Crippen molar-refractivity contribution in [2.24, 2.45) is 7.05 Å². The predicted octanol–water partition coefficient (Wildman–Crippen LogP) is 0.146. The number of hydrogen-bond acceptors (Lipinski definition) is 4. The van der Waals surface area contributed by atoms with Crippen LogP contribution in [-0.4, -0.2) is 16.3 Å². The highest BCUT2D eigenvalue weighted by Crippen LogP contribution is 1.99. The fourth-order valence-electron chi connectivity index (χ4n) is 1.07. The van der Waals surface area contributed by atoms with Crippen LogP contribution >= 0.6 is 0 Å². The fraction of sp³-hybridized carbons (Fsp3) is 0.300. The molecule has 1 heterocycles. The Labute approximate surface area is 92.8 Å². The van der Waals surface area contributed by atoms with Gasteiger partial charge in [0.05, 0.1) is 7.05 Å². The summed E-state index contributed by atoms with van der Waals surface area (Å²) in [6, 6.07) is 3.07. The zero-order valence-electron chi connectivity index (χ0n) is 8.79. The zero-order valence-corrected chi connectivity index (χ0v) is 8.79. The second-order valence-electron chi connectivity index (χ2n) is 3.07. The van der Waals surface area contributed by atoms with Gasteiger partial charge in [0.15, 0.2) is 0 Å². The van der Waals surface area contributed by atoms with Crippen LogP contribution in [0.3, 0.4) is 0 Å². The van der Waals surface area contributed by atoms with Crippen molar-refractivity contribution in [3.63, 3.8) is 0 Å². The molecule has 0 saturated carbocycles. The van der Waals surface area contributed by atoms with Gasteiger partial charge in [-0.15, -0.1) is 0 Å². The summed E-state index contributed by atoms with van der Waals surface area (Å²) in [6.07, 6.45) is 5.56. The maximum Gasteiger partial charge on any atom is 0.306 e. The minimum absolute atomic E-state index is 0.188. The molecular formula is C10H11N4O2+. The third-order valence-corrected chi connectivity index (χ3v) is 1.85. The molecule has 6 nitrogen and oxygen atoms in total. The number of nitriles is 2. The summed E-state index contributed by atoms with van der Waals surface area (Å²) >= 11 is 0. The first-order valence-corrected chi connectivity index (χ1v) is 4.54. The minimum atomic E-state index is -0.624. The summed E-state index contributed by atoms with van der Waals surface area (Å²) in [5.41, 5.74) is -0.418. The van der Waals surface area contributed by atoms with Crippen molar-refractivity contribution >= 4 is 0 Å². The van der Waals surface area contributed by atoms with E-state index in [4.69, 9.17) is 15.3 Å². The van der Waals surface area contributed by atoms with Crippen LogP contribution < -0.4 is 4.57 Å². The van der Waals surface area contributed by atoms with E-state index < -0.39 is 11.5 Å². The van der Waals surface area contributed by atoms with Crippen LogP contribution in [0.4, 0.5) is 0 Å². The van der Waals surface area contributed by atoms with Crippen molar-refractivity contribution in [2.75, 3.05) is 6.61 Å². The predicted molar refractivity (Wildman–Crippen MR) is 52.4 cm³/mol. The van der Waals surface area contributed by atoms with Gasteiger partial charge in [-0.05, 0) is 0 Å². The van der Waals surface area contributed by atoms with E-state index in [-0.39, 0.29) is 6.61 Å². The highest BCUT2D eigenvalue weighted by atomic mass is 16.6. The maximum atomic E-state index is 9.19. The molecule has 16 heavy (non-hydrogen) atoms. The number of aliphatic hydroxyl groups is 1. The van der Waals surface area contributed by atoms with Gasteiger partial charge in [0.25, 0.3) is 0 Å². The summed E-state index contributed by atoms with van der Waals surface area (Å²) in [5, 5.41) is 26.1. The molecule has 1 N–H and O–H groups in total. The van der Waals surface area contributed by atoms with Gasteiger partial charge in [-0.1, -0.05) is 0 Å². The molecule has 1 aromatic heterocycles. The summed E-state index contributed by atoms with van der Waals surface area (Å²) in [4.78, 5) is 0. The topological polar surface area (TPSA) is 85.8 Å². The van der Waals surface area contributed by atoms with Crippen LogP contribution in [0.25, 0.3) is 0 Å². The molecule has 0 bridgehead atoms. The molecule has 1 rings (SSSR count). The summed E-state index contributed by atoms with van der Waals surface area (Å²) < 4.78 is 8.58. The number of nitrogens with zero attached hydrogens (tertiary/aromatic N) is 4. The van der Waals surface area contributed by atoms with Gasteiger partial charge in [0.1, 0.15) is 37.7 Å². The third kappa shape index (κ3) is 3.03. The minimum Gasteiger partial charge on any atom is -0.479 e. The largest absolute Gasteiger partial charge is 0.479 e. The summed E-state index contributed by atoms with van der Waals surface area (Å²) in [6.45, 7) is 0.711. The van der Waals surface area contributed by atoms with E-state index in [1.54, 1.807) is 0 Å². The van der Waals surface area contributed by atoms with Gasteiger partial charge >= 0.3 is 5.95 Å². The smallest absolute Gasteiger partial charge is 0.306 e. The number of rotatable bonds is 4. The van der Waals surface area contributed by atoms with Gasteiger partial charge in [-0.25, -0.2) is 9.13 Å². The Morgan fingerprint density at radius 3 is 2.69 bits per heavy atom. The number of aryl methyl sites for hydroxylation is 1. The first-order chi connectivity index (χ1) is 7.67. The number of aromatic nitrogens is 2. The molecule has 1 aromatic rings. The fourth-order valence-corrected chi connectivity index (χ4v) is 1.07. The molecule has 0 aromatic carbocycles. The Morgan fingerprint density at radius 1 is 1.50 bits per heavy atom. The quantitative estimate of drug-likeness (QED) is 0.443. The molecule has 6 heteroatoms. The van der Waals surface area contributed by atoms with E-state index in [2.05, 4.69) is 0 Å². The Morgan fingerprint density at radius 2 is 2.19 bits per heavy atom. The lowest BCUT2D eigenvalue weighted by Gasteiger charge is -2.01. The molecule has 0 spiro atoms. The normalized spacial score (nSPS) is 8.94. The van der Waals surface area contributed by atoms with Crippen molar-refractivity contribution in [2.45, 2.75) is 6.54 Å². The van der Waals surface area contributed by atoms with E-state index >= 15 is 0 Å². The maximum absolute atomic E-state index is 9.19. The standard InChI is InChI=1S/C10H10N4O2/c1-13-2-3-14(8-13)4-5-16-10(15)9(6-11)7-12/h2-3,8H,4-5H2,1H3/p+1. The monoisotopic (exact) mass is 219 g/mol. The Balaban J connectivity index is 2.46. The molecule has 0 saturated heterocycles. The van der Waals surface area contributed by atoms with E-state index in [0.717, 1.165) is 0 Å². The first kappa shape index (κ1) is 11.6. The second-order valence-corrected chi connectivity index (χ2v) is 3.07. The van der Waals surface area contributed by atoms with Gasteiger partial charge < -0.3 is 9.84 Å². The lowest BCUT2D eigenvalue weighted by Crippen LogP contribution is -2.33. The van der Waals surface area contributed by atoms with Crippen molar-refractivity contribution in [3.8, 4) is 12.1 Å². The molecule has 0 aliphatic carbocycles. The van der Waals surface area contributed by atoms with Gasteiger partial charge in [-0.2, -0.15) is 10.5 Å². The molecule has 0 fully saturated rings. The molecular weight excluding hydrogens is 208 g/mol. The average molecular weight is 219 g/mol. The van der Waals surface area contributed by atoms with Crippen LogP contribution in [-0.2, 0) is 18.3 Å². The molecule has 0 aliphatic rings.